The van der Waals surface area contributed by atoms with E-state index in [9.17, 15) is 18.6 Å². The molecule has 0 aromatic heterocycles. The Morgan fingerprint density at radius 1 is 1.29 bits per heavy atom. The fourth-order valence-corrected chi connectivity index (χ4v) is 3.10. The van der Waals surface area contributed by atoms with Crippen molar-refractivity contribution < 1.29 is 23.1 Å². The van der Waals surface area contributed by atoms with E-state index >= 15 is 0 Å². The largest absolute Gasteiger partial charge is 0.306 e. The molecule has 2 rings (SSSR count). The van der Waals surface area contributed by atoms with Gasteiger partial charge in [-0.15, -0.1) is 0 Å². The van der Waals surface area contributed by atoms with Crippen molar-refractivity contribution in [3.8, 4) is 0 Å². The zero-order valence-electron chi connectivity index (χ0n) is 11.0. The predicted molar refractivity (Wildman–Crippen MR) is 77.6 cm³/mol. The highest BCUT2D eigenvalue weighted by molar-refractivity contribution is 7.78. The molecule has 0 bridgehead atoms. The molecule has 21 heavy (non-hydrogen) atoms. The second-order valence-electron chi connectivity index (χ2n) is 4.86. The van der Waals surface area contributed by atoms with Gasteiger partial charge in [-0.1, -0.05) is 17.7 Å². The standard InChI is InChI=1S/C14H13ClO5S/c15-10-6-8(7-21(19)20)4-5-9(10)14(18)13-11(16)2-1-3-12(13)17/h4-6,13H,1-3,7H2,(H,19,20). The average Bonchev–Trinajstić information content (AvgIpc) is 2.37. The summed E-state index contributed by atoms with van der Waals surface area (Å²) in [6.07, 6.45) is 0.930. The maximum atomic E-state index is 12.3. The molecule has 1 N–H and O–H groups in total. The molecule has 1 fully saturated rings. The molecule has 0 amide bonds. The van der Waals surface area contributed by atoms with Gasteiger partial charge in [0.1, 0.15) is 5.92 Å². The molecule has 1 aromatic carbocycles. The lowest BCUT2D eigenvalue weighted by atomic mass is 9.81. The molecule has 112 valence electrons. The first-order valence-electron chi connectivity index (χ1n) is 6.35. The lowest BCUT2D eigenvalue weighted by molar-refractivity contribution is -0.133. The van der Waals surface area contributed by atoms with Crippen LogP contribution >= 0.6 is 11.6 Å². The Kier molecular flexibility index (Phi) is 5.03. The van der Waals surface area contributed by atoms with Crippen LogP contribution in [0.5, 0.6) is 0 Å². The Morgan fingerprint density at radius 3 is 2.43 bits per heavy atom. The van der Waals surface area contributed by atoms with Gasteiger partial charge in [0.05, 0.1) is 10.8 Å². The number of benzene rings is 1. The van der Waals surface area contributed by atoms with Crippen molar-refractivity contribution in [2.45, 2.75) is 25.0 Å². The van der Waals surface area contributed by atoms with E-state index in [2.05, 4.69) is 0 Å². The Bertz CT molecular complexity index is 624. The molecular formula is C14H13ClO5S. The van der Waals surface area contributed by atoms with E-state index in [1.165, 1.54) is 18.2 Å². The topological polar surface area (TPSA) is 88.5 Å². The monoisotopic (exact) mass is 328 g/mol. The van der Waals surface area contributed by atoms with Crippen LogP contribution in [-0.4, -0.2) is 26.1 Å². The molecule has 1 saturated carbocycles. The number of ketones is 3. The molecule has 5 nitrogen and oxygen atoms in total. The molecule has 0 radical (unpaired) electrons. The van der Waals surface area contributed by atoms with Crippen LogP contribution in [0.2, 0.25) is 5.02 Å². The zero-order chi connectivity index (χ0) is 15.6. The van der Waals surface area contributed by atoms with E-state index in [4.69, 9.17) is 16.2 Å². The summed E-state index contributed by atoms with van der Waals surface area (Å²) < 4.78 is 19.6. The van der Waals surface area contributed by atoms with Crippen molar-refractivity contribution in [2.75, 3.05) is 0 Å². The lowest BCUT2D eigenvalue weighted by Gasteiger charge is -2.18. The summed E-state index contributed by atoms with van der Waals surface area (Å²) in [5, 5.41) is 0.0779. The SMILES string of the molecule is O=C1CCCC(=O)C1C(=O)c1ccc(CS(=O)O)cc1Cl. The molecule has 1 aromatic rings. The number of rotatable bonds is 4. The highest BCUT2D eigenvalue weighted by atomic mass is 35.5. The summed E-state index contributed by atoms with van der Waals surface area (Å²) in [6, 6.07) is 4.29. The van der Waals surface area contributed by atoms with Gasteiger partial charge in [-0.2, -0.15) is 0 Å². The molecule has 7 heteroatoms. The van der Waals surface area contributed by atoms with Gasteiger partial charge in [0.15, 0.2) is 28.4 Å². The van der Waals surface area contributed by atoms with Crippen molar-refractivity contribution in [3.05, 3.63) is 34.3 Å². The van der Waals surface area contributed by atoms with Crippen LogP contribution in [0.1, 0.15) is 35.2 Å². The van der Waals surface area contributed by atoms with E-state index in [1.54, 1.807) is 0 Å². The normalized spacial score (nSPS) is 17.8. The summed E-state index contributed by atoms with van der Waals surface area (Å²) >= 11 is 3.99. The van der Waals surface area contributed by atoms with Gasteiger partial charge in [0, 0.05) is 18.4 Å². The third-order valence-electron chi connectivity index (χ3n) is 3.34. The first-order valence-corrected chi connectivity index (χ1v) is 8.01. The van der Waals surface area contributed by atoms with Gasteiger partial charge >= 0.3 is 0 Å². The van der Waals surface area contributed by atoms with E-state index < -0.39 is 22.8 Å². The first-order chi connectivity index (χ1) is 9.90. The molecule has 0 heterocycles. The van der Waals surface area contributed by atoms with E-state index in [0.29, 0.717) is 12.0 Å². The average molecular weight is 329 g/mol. The van der Waals surface area contributed by atoms with Crippen molar-refractivity contribution in [2.24, 2.45) is 5.92 Å². The van der Waals surface area contributed by atoms with Crippen LogP contribution in [-0.2, 0) is 26.4 Å². The summed E-state index contributed by atoms with van der Waals surface area (Å²) in [5.41, 5.74) is 0.594. The van der Waals surface area contributed by atoms with Gasteiger partial charge in [-0.3, -0.25) is 14.4 Å². The van der Waals surface area contributed by atoms with Gasteiger partial charge in [-0.25, -0.2) is 4.21 Å². The summed E-state index contributed by atoms with van der Waals surface area (Å²) in [5.74, 6) is -2.68. The number of Topliss-reactive ketones (excluding diaryl/α,β-unsaturated/α-hetero) is 3. The summed E-state index contributed by atoms with van der Waals surface area (Å²) in [4.78, 5) is 35.9. The van der Waals surface area contributed by atoms with Crippen molar-refractivity contribution in [3.63, 3.8) is 0 Å². The third kappa shape index (κ3) is 3.64. The highest BCUT2D eigenvalue weighted by Gasteiger charge is 2.37. The minimum atomic E-state index is -2.01. The lowest BCUT2D eigenvalue weighted by Crippen LogP contribution is -2.35. The van der Waals surface area contributed by atoms with E-state index in [1.807, 2.05) is 0 Å². The van der Waals surface area contributed by atoms with E-state index in [0.717, 1.165) is 0 Å². The maximum Gasteiger partial charge on any atom is 0.182 e. The number of hydrogen-bond acceptors (Lipinski definition) is 4. The number of carbonyl (C=O) groups is 3. The minimum absolute atomic E-state index is 0.0779. The number of hydrogen-bond donors (Lipinski definition) is 1. The Hall–Kier alpha value is -1.37. The van der Waals surface area contributed by atoms with Crippen molar-refractivity contribution in [1.82, 2.24) is 0 Å². The van der Waals surface area contributed by atoms with Crippen LogP contribution in [0.4, 0.5) is 0 Å². The van der Waals surface area contributed by atoms with Gasteiger partial charge < -0.3 is 4.55 Å². The molecule has 0 aliphatic heterocycles. The maximum absolute atomic E-state index is 12.3. The molecule has 1 unspecified atom stereocenters. The molecule has 0 saturated heterocycles. The molecular weight excluding hydrogens is 316 g/mol. The molecule has 0 spiro atoms. The predicted octanol–water partition coefficient (Wildman–Crippen LogP) is 2.18. The Morgan fingerprint density at radius 2 is 1.90 bits per heavy atom. The second-order valence-corrected chi connectivity index (χ2v) is 6.20. The zero-order valence-corrected chi connectivity index (χ0v) is 12.6. The van der Waals surface area contributed by atoms with Crippen LogP contribution in [0.3, 0.4) is 0 Å². The van der Waals surface area contributed by atoms with E-state index in [-0.39, 0.29) is 40.7 Å². The first kappa shape index (κ1) is 16.0. The van der Waals surface area contributed by atoms with Crippen LogP contribution in [0.15, 0.2) is 18.2 Å². The Balaban J connectivity index is 2.28. The quantitative estimate of drug-likeness (QED) is 0.520. The third-order valence-corrected chi connectivity index (χ3v) is 4.23. The van der Waals surface area contributed by atoms with Crippen LogP contribution < -0.4 is 0 Å². The molecule has 1 aliphatic rings. The highest BCUT2D eigenvalue weighted by Crippen LogP contribution is 2.26. The number of halogens is 1. The van der Waals surface area contributed by atoms with Crippen LogP contribution in [0.25, 0.3) is 0 Å². The Labute approximate surface area is 129 Å². The van der Waals surface area contributed by atoms with Crippen LogP contribution in [0, 0.1) is 5.92 Å². The summed E-state index contributed by atoms with van der Waals surface area (Å²) in [6.45, 7) is 0. The molecule has 1 atom stereocenters. The fraction of sp³-hybridized carbons (Fsp3) is 0.357. The van der Waals surface area contributed by atoms with Crippen molar-refractivity contribution in [1.29, 1.82) is 0 Å². The van der Waals surface area contributed by atoms with Crippen molar-refractivity contribution >= 4 is 40.0 Å². The smallest absolute Gasteiger partial charge is 0.182 e. The molecule has 1 aliphatic carbocycles. The number of carbonyl (C=O) groups excluding carboxylic acids is 3. The van der Waals surface area contributed by atoms with Gasteiger partial charge in [-0.05, 0) is 24.1 Å². The summed E-state index contributed by atoms with van der Waals surface area (Å²) in [7, 11) is 0. The fourth-order valence-electron chi connectivity index (χ4n) is 2.34. The second kappa shape index (κ2) is 6.60. The minimum Gasteiger partial charge on any atom is -0.306 e. The van der Waals surface area contributed by atoms with Gasteiger partial charge in [0.25, 0.3) is 0 Å². The van der Waals surface area contributed by atoms with Gasteiger partial charge in [0.2, 0.25) is 0 Å².